The van der Waals surface area contributed by atoms with E-state index in [2.05, 4.69) is 6.92 Å². The van der Waals surface area contributed by atoms with Crippen molar-refractivity contribution >= 4 is 25.2 Å². The third kappa shape index (κ3) is 10.6. The lowest BCUT2D eigenvalue weighted by Gasteiger charge is -2.26. The summed E-state index contributed by atoms with van der Waals surface area (Å²) in [6.07, 6.45) is 2.70. The maximum atomic E-state index is 12.9. The van der Waals surface area contributed by atoms with Crippen LogP contribution in [0.15, 0.2) is 0 Å². The molecule has 0 aromatic heterocycles. The van der Waals surface area contributed by atoms with E-state index in [1.165, 1.54) is 0 Å². The average Bonchev–Trinajstić information content (AvgIpc) is 2.36. The highest BCUT2D eigenvalue weighted by atomic mass is 35.5. The van der Waals surface area contributed by atoms with Gasteiger partial charge in [0.1, 0.15) is 12.0 Å². The van der Waals surface area contributed by atoms with Gasteiger partial charge in [0, 0.05) is 0 Å². The molecule has 0 aromatic rings. The number of hydrogen-bond donors (Lipinski definition) is 0. The number of rotatable bonds is 12. The first-order valence-electron chi connectivity index (χ1n) is 7.93. The van der Waals surface area contributed by atoms with Crippen LogP contribution in [0.4, 0.5) is 0 Å². The molecule has 0 rings (SSSR count). The Bertz CT molecular complexity index is 346. The van der Waals surface area contributed by atoms with Crippen molar-refractivity contribution < 1.29 is 23.1 Å². The number of hydrogen-bond acceptors (Lipinski definition) is 5. The average molecular weight is 357 g/mol. The van der Waals surface area contributed by atoms with Crippen LogP contribution in [-0.4, -0.2) is 36.3 Å². The quantitative estimate of drug-likeness (QED) is 0.218. The first kappa shape index (κ1) is 21.9. The van der Waals surface area contributed by atoms with Gasteiger partial charge in [-0.15, -0.1) is 11.6 Å². The molecule has 1 atom stereocenters. The Morgan fingerprint density at radius 2 is 1.64 bits per heavy atom. The van der Waals surface area contributed by atoms with Gasteiger partial charge in [-0.1, -0.05) is 19.8 Å². The van der Waals surface area contributed by atoms with Gasteiger partial charge in [0.25, 0.3) is 0 Å². The first-order chi connectivity index (χ1) is 10.2. The smallest absolute Gasteiger partial charge is 0.334 e. The molecule has 0 radical (unpaired) electrons. The van der Waals surface area contributed by atoms with Crippen molar-refractivity contribution in [3.05, 3.63) is 0 Å². The summed E-state index contributed by atoms with van der Waals surface area (Å²) < 4.78 is 29.2. The molecule has 132 valence electrons. The van der Waals surface area contributed by atoms with Crippen molar-refractivity contribution in [2.75, 3.05) is 12.0 Å². The third-order valence-corrected chi connectivity index (χ3v) is 5.27. The minimum Gasteiger partial charge on any atom is -0.461 e. The fourth-order valence-corrected chi connectivity index (χ4v) is 4.36. The maximum Gasteiger partial charge on any atom is 0.334 e. The van der Waals surface area contributed by atoms with Crippen LogP contribution in [0.2, 0.25) is 0 Å². The van der Waals surface area contributed by atoms with E-state index in [1.807, 2.05) is 0 Å². The fraction of sp³-hybridized carbons (Fsp3) is 0.933. The topological polar surface area (TPSA) is 61.8 Å². The largest absolute Gasteiger partial charge is 0.461 e. The zero-order valence-corrected chi connectivity index (χ0v) is 16.0. The van der Waals surface area contributed by atoms with E-state index in [4.69, 9.17) is 25.4 Å². The van der Waals surface area contributed by atoms with Gasteiger partial charge < -0.3 is 13.8 Å². The summed E-state index contributed by atoms with van der Waals surface area (Å²) in [6, 6.07) is 0. The van der Waals surface area contributed by atoms with E-state index in [0.29, 0.717) is 6.42 Å². The molecule has 7 heteroatoms. The van der Waals surface area contributed by atoms with Crippen molar-refractivity contribution in [3.8, 4) is 0 Å². The van der Waals surface area contributed by atoms with Gasteiger partial charge in [-0.3, -0.25) is 9.36 Å². The Morgan fingerprint density at radius 1 is 1.09 bits per heavy atom. The van der Waals surface area contributed by atoms with Crippen molar-refractivity contribution in [2.45, 2.75) is 78.6 Å². The van der Waals surface area contributed by atoms with Crippen LogP contribution in [0.3, 0.4) is 0 Å². The van der Waals surface area contributed by atoms with Crippen molar-refractivity contribution in [3.63, 3.8) is 0 Å². The van der Waals surface area contributed by atoms with Crippen molar-refractivity contribution in [2.24, 2.45) is 0 Å². The van der Waals surface area contributed by atoms with E-state index in [-0.39, 0.29) is 24.2 Å². The predicted octanol–water partition coefficient (Wildman–Crippen LogP) is 4.76. The minimum atomic E-state index is -3.32. The standard InChI is InChI=1S/C15H30ClO5P/c1-6-7-8-9-14(19-15(17)10-16)11-22(18,20-12(2)3)21-13(4)5/h12-14H,6-11H2,1-5H3/t14-/m0/s1. The molecule has 0 aliphatic heterocycles. The van der Waals surface area contributed by atoms with E-state index in [0.717, 1.165) is 19.3 Å². The molecule has 0 amide bonds. The number of esters is 1. The lowest BCUT2D eigenvalue weighted by Crippen LogP contribution is -2.25. The Kier molecular flexibility index (Phi) is 11.4. The van der Waals surface area contributed by atoms with Crippen LogP contribution in [0, 0.1) is 0 Å². The predicted molar refractivity (Wildman–Crippen MR) is 89.7 cm³/mol. The number of carbonyl (C=O) groups excluding carboxylic acids is 1. The summed E-state index contributed by atoms with van der Waals surface area (Å²) in [6.45, 7) is 9.29. The van der Waals surface area contributed by atoms with E-state index >= 15 is 0 Å². The van der Waals surface area contributed by atoms with Crippen LogP contribution < -0.4 is 0 Å². The summed E-state index contributed by atoms with van der Waals surface area (Å²) in [7, 11) is -3.32. The Labute approximate surface area is 139 Å². The van der Waals surface area contributed by atoms with E-state index in [1.54, 1.807) is 27.7 Å². The van der Waals surface area contributed by atoms with Gasteiger partial charge in [-0.25, -0.2) is 0 Å². The SMILES string of the molecule is CCCCC[C@@H](CP(=O)(OC(C)C)OC(C)C)OC(=O)CCl. The molecule has 0 spiro atoms. The second-order valence-electron chi connectivity index (χ2n) is 5.84. The van der Waals surface area contributed by atoms with Crippen LogP contribution in [0.25, 0.3) is 0 Å². The lowest BCUT2D eigenvalue weighted by atomic mass is 10.1. The van der Waals surface area contributed by atoms with E-state index in [9.17, 15) is 9.36 Å². The number of ether oxygens (including phenoxy) is 1. The van der Waals surface area contributed by atoms with Crippen LogP contribution in [0.5, 0.6) is 0 Å². The normalized spacial score (nSPS) is 13.6. The van der Waals surface area contributed by atoms with Gasteiger partial charge in [-0.05, 0) is 40.5 Å². The summed E-state index contributed by atoms with van der Waals surface area (Å²) in [4.78, 5) is 11.5. The summed E-state index contributed by atoms with van der Waals surface area (Å²) in [5, 5.41) is 0. The van der Waals surface area contributed by atoms with Gasteiger partial charge in [0.05, 0.1) is 18.4 Å². The fourth-order valence-electron chi connectivity index (χ4n) is 2.03. The molecule has 0 fully saturated rings. The van der Waals surface area contributed by atoms with Crippen molar-refractivity contribution in [1.29, 1.82) is 0 Å². The molecule has 0 unspecified atom stereocenters. The molecule has 0 aliphatic rings. The maximum absolute atomic E-state index is 12.9. The molecule has 22 heavy (non-hydrogen) atoms. The highest BCUT2D eigenvalue weighted by molar-refractivity contribution is 7.53. The molecule has 0 heterocycles. The molecular formula is C15H30ClO5P. The molecule has 0 aromatic carbocycles. The monoisotopic (exact) mass is 356 g/mol. The van der Waals surface area contributed by atoms with Crippen LogP contribution in [0.1, 0.15) is 60.3 Å². The van der Waals surface area contributed by atoms with Gasteiger partial charge in [-0.2, -0.15) is 0 Å². The molecule has 0 saturated heterocycles. The highest BCUT2D eigenvalue weighted by Gasteiger charge is 2.33. The number of unbranched alkanes of at least 4 members (excludes halogenated alkanes) is 2. The summed E-state index contributed by atoms with van der Waals surface area (Å²) >= 11 is 5.49. The molecule has 5 nitrogen and oxygen atoms in total. The molecule has 0 aliphatic carbocycles. The molecule has 0 saturated carbocycles. The number of carbonyl (C=O) groups is 1. The minimum absolute atomic E-state index is 0.0652. The van der Waals surface area contributed by atoms with Crippen LogP contribution >= 0.6 is 19.2 Å². The molecule has 0 bridgehead atoms. The second kappa shape index (κ2) is 11.4. The van der Waals surface area contributed by atoms with Gasteiger partial charge in [0.2, 0.25) is 0 Å². The summed E-state index contributed by atoms with van der Waals surface area (Å²) in [5.74, 6) is -0.728. The zero-order chi connectivity index (χ0) is 17.2. The Hall–Kier alpha value is -0.0900. The van der Waals surface area contributed by atoms with Gasteiger partial charge in [0.15, 0.2) is 0 Å². The Balaban J connectivity index is 4.90. The van der Waals surface area contributed by atoms with Gasteiger partial charge >= 0.3 is 13.6 Å². The summed E-state index contributed by atoms with van der Waals surface area (Å²) in [5.41, 5.74) is 0. The van der Waals surface area contributed by atoms with Crippen molar-refractivity contribution in [1.82, 2.24) is 0 Å². The van der Waals surface area contributed by atoms with E-state index < -0.39 is 19.7 Å². The Morgan fingerprint density at radius 3 is 2.05 bits per heavy atom. The highest BCUT2D eigenvalue weighted by Crippen LogP contribution is 2.51. The lowest BCUT2D eigenvalue weighted by molar-refractivity contribution is -0.145. The molecule has 0 N–H and O–H groups in total. The number of halogens is 1. The molecular weight excluding hydrogens is 327 g/mol. The zero-order valence-electron chi connectivity index (χ0n) is 14.3. The third-order valence-electron chi connectivity index (χ3n) is 2.71. The first-order valence-corrected chi connectivity index (χ1v) is 10.2. The second-order valence-corrected chi connectivity index (χ2v) is 8.12. The number of alkyl halides is 1. The van der Waals surface area contributed by atoms with Crippen LogP contribution in [-0.2, 0) is 23.1 Å².